The van der Waals surface area contributed by atoms with Crippen molar-refractivity contribution in [2.24, 2.45) is 0 Å². The molecule has 2 aromatic heterocycles. The molecule has 0 bridgehead atoms. The van der Waals surface area contributed by atoms with Crippen LogP contribution in [0.5, 0.6) is 0 Å². The van der Waals surface area contributed by atoms with E-state index in [1.54, 1.807) is 18.3 Å². The van der Waals surface area contributed by atoms with Crippen LogP contribution in [-0.2, 0) is 0 Å². The Morgan fingerprint density at radius 1 is 1.21 bits per heavy atom. The lowest BCUT2D eigenvalue weighted by Crippen LogP contribution is -2.27. The molecule has 0 aliphatic heterocycles. The standard InChI is InChI=1S/C19H16N6O3/c1-12(18-22-16-4-2-3-5-17(16)23-18)21-19(26)13-10-20-24(11-13)14-6-8-15(9-7-14)25(27)28/h2-12H,1H3,(H,21,26)(H,22,23). The molecule has 1 amide bonds. The first-order valence-electron chi connectivity index (χ1n) is 8.56. The van der Waals surface area contributed by atoms with E-state index in [9.17, 15) is 14.9 Å². The molecule has 9 nitrogen and oxygen atoms in total. The lowest BCUT2D eigenvalue weighted by Gasteiger charge is -2.10. The summed E-state index contributed by atoms with van der Waals surface area (Å²) in [5, 5.41) is 17.8. The van der Waals surface area contributed by atoms with Gasteiger partial charge >= 0.3 is 0 Å². The van der Waals surface area contributed by atoms with Crippen molar-refractivity contribution in [1.29, 1.82) is 0 Å². The molecule has 0 saturated carbocycles. The summed E-state index contributed by atoms with van der Waals surface area (Å²) < 4.78 is 1.49. The summed E-state index contributed by atoms with van der Waals surface area (Å²) >= 11 is 0. The molecule has 4 rings (SSSR count). The van der Waals surface area contributed by atoms with E-state index >= 15 is 0 Å². The second-order valence-corrected chi connectivity index (χ2v) is 6.28. The van der Waals surface area contributed by atoms with Gasteiger partial charge in [0.05, 0.1) is 39.4 Å². The number of fused-ring (bicyclic) bond motifs is 1. The molecular formula is C19H16N6O3. The maximum absolute atomic E-state index is 12.5. The van der Waals surface area contributed by atoms with Gasteiger partial charge in [-0.3, -0.25) is 14.9 Å². The average molecular weight is 376 g/mol. The van der Waals surface area contributed by atoms with Crippen LogP contribution >= 0.6 is 0 Å². The number of rotatable bonds is 5. The number of carbonyl (C=O) groups excluding carboxylic acids is 1. The number of benzene rings is 2. The van der Waals surface area contributed by atoms with Gasteiger partial charge in [-0.1, -0.05) is 12.1 Å². The van der Waals surface area contributed by atoms with Gasteiger partial charge in [-0.25, -0.2) is 9.67 Å². The summed E-state index contributed by atoms with van der Waals surface area (Å²) in [6, 6.07) is 13.3. The zero-order valence-corrected chi connectivity index (χ0v) is 14.9. The minimum Gasteiger partial charge on any atom is -0.342 e. The molecule has 0 saturated heterocycles. The van der Waals surface area contributed by atoms with Gasteiger partial charge in [-0.15, -0.1) is 0 Å². The van der Waals surface area contributed by atoms with Crippen molar-refractivity contribution in [3.63, 3.8) is 0 Å². The van der Waals surface area contributed by atoms with E-state index in [4.69, 9.17) is 0 Å². The molecular weight excluding hydrogens is 360 g/mol. The highest BCUT2D eigenvalue weighted by molar-refractivity contribution is 5.94. The van der Waals surface area contributed by atoms with Gasteiger partial charge in [0.25, 0.3) is 11.6 Å². The van der Waals surface area contributed by atoms with E-state index in [0.29, 0.717) is 17.1 Å². The first kappa shape index (κ1) is 17.4. The van der Waals surface area contributed by atoms with E-state index in [-0.39, 0.29) is 17.6 Å². The van der Waals surface area contributed by atoms with Gasteiger partial charge in [0, 0.05) is 18.3 Å². The van der Waals surface area contributed by atoms with Crippen molar-refractivity contribution >= 4 is 22.6 Å². The molecule has 0 spiro atoms. The van der Waals surface area contributed by atoms with Crippen molar-refractivity contribution in [2.75, 3.05) is 0 Å². The Balaban J connectivity index is 1.48. The van der Waals surface area contributed by atoms with Crippen LogP contribution in [0.15, 0.2) is 60.9 Å². The highest BCUT2D eigenvalue weighted by Crippen LogP contribution is 2.17. The van der Waals surface area contributed by atoms with Crippen LogP contribution < -0.4 is 5.32 Å². The third-order valence-corrected chi connectivity index (χ3v) is 4.34. The van der Waals surface area contributed by atoms with Crippen LogP contribution in [0.1, 0.15) is 29.1 Å². The Bertz CT molecular complexity index is 1130. The Morgan fingerprint density at radius 3 is 2.68 bits per heavy atom. The van der Waals surface area contributed by atoms with Gasteiger partial charge in [-0.05, 0) is 31.2 Å². The monoisotopic (exact) mass is 376 g/mol. The van der Waals surface area contributed by atoms with Crippen LogP contribution in [0.2, 0.25) is 0 Å². The Kier molecular flexibility index (Phi) is 4.32. The zero-order chi connectivity index (χ0) is 19.7. The number of nitro benzene ring substituents is 1. The number of amides is 1. The first-order valence-corrected chi connectivity index (χ1v) is 8.56. The maximum atomic E-state index is 12.5. The highest BCUT2D eigenvalue weighted by Gasteiger charge is 2.16. The number of para-hydroxylation sites is 2. The normalized spacial score (nSPS) is 12.0. The first-order chi connectivity index (χ1) is 13.5. The van der Waals surface area contributed by atoms with Crippen LogP contribution in [0.4, 0.5) is 5.69 Å². The number of aromatic amines is 1. The molecule has 0 radical (unpaired) electrons. The van der Waals surface area contributed by atoms with Crippen molar-refractivity contribution < 1.29 is 9.72 Å². The van der Waals surface area contributed by atoms with Crippen molar-refractivity contribution in [3.05, 3.63) is 82.4 Å². The summed E-state index contributed by atoms with van der Waals surface area (Å²) in [7, 11) is 0. The second kappa shape index (κ2) is 6.95. The summed E-state index contributed by atoms with van der Waals surface area (Å²) in [6.07, 6.45) is 3.02. The number of hydrogen-bond donors (Lipinski definition) is 2. The predicted molar refractivity (Wildman–Crippen MR) is 102 cm³/mol. The minimum atomic E-state index is -0.467. The average Bonchev–Trinajstić information content (AvgIpc) is 3.35. The van der Waals surface area contributed by atoms with Gasteiger partial charge in [0.2, 0.25) is 0 Å². The van der Waals surface area contributed by atoms with Gasteiger partial charge in [0.1, 0.15) is 5.82 Å². The van der Waals surface area contributed by atoms with Gasteiger partial charge in [-0.2, -0.15) is 5.10 Å². The Morgan fingerprint density at radius 2 is 1.96 bits per heavy atom. The minimum absolute atomic E-state index is 0.00599. The molecule has 9 heteroatoms. The molecule has 2 N–H and O–H groups in total. The largest absolute Gasteiger partial charge is 0.342 e. The van der Waals surface area contributed by atoms with Crippen molar-refractivity contribution in [1.82, 2.24) is 25.1 Å². The number of carbonyl (C=O) groups is 1. The third-order valence-electron chi connectivity index (χ3n) is 4.34. The van der Waals surface area contributed by atoms with Gasteiger partial charge in [0.15, 0.2) is 0 Å². The van der Waals surface area contributed by atoms with E-state index in [0.717, 1.165) is 11.0 Å². The van der Waals surface area contributed by atoms with Crippen LogP contribution in [0, 0.1) is 10.1 Å². The summed E-state index contributed by atoms with van der Waals surface area (Å²) in [5.74, 6) is 0.374. The fourth-order valence-electron chi connectivity index (χ4n) is 2.83. The van der Waals surface area contributed by atoms with E-state index in [2.05, 4.69) is 20.4 Å². The number of nitrogens with zero attached hydrogens (tertiary/aromatic N) is 4. The number of nitrogens with one attached hydrogen (secondary N) is 2. The molecule has 4 aromatic rings. The van der Waals surface area contributed by atoms with E-state index < -0.39 is 4.92 Å². The Labute approximate surface area is 159 Å². The second-order valence-electron chi connectivity index (χ2n) is 6.28. The lowest BCUT2D eigenvalue weighted by molar-refractivity contribution is -0.384. The molecule has 140 valence electrons. The van der Waals surface area contributed by atoms with Crippen LogP contribution in [0.3, 0.4) is 0 Å². The fourth-order valence-corrected chi connectivity index (χ4v) is 2.83. The van der Waals surface area contributed by atoms with Gasteiger partial charge < -0.3 is 10.3 Å². The molecule has 0 fully saturated rings. The molecule has 1 atom stereocenters. The number of non-ortho nitro benzene ring substituents is 1. The van der Waals surface area contributed by atoms with Crippen molar-refractivity contribution in [2.45, 2.75) is 13.0 Å². The zero-order valence-electron chi connectivity index (χ0n) is 14.9. The number of aromatic nitrogens is 4. The maximum Gasteiger partial charge on any atom is 0.269 e. The van der Waals surface area contributed by atoms with Crippen LogP contribution in [0.25, 0.3) is 16.7 Å². The summed E-state index contributed by atoms with van der Waals surface area (Å²) in [6.45, 7) is 1.84. The fraction of sp³-hybridized carbons (Fsp3) is 0.105. The lowest BCUT2D eigenvalue weighted by atomic mass is 10.2. The van der Waals surface area contributed by atoms with E-state index in [1.807, 2.05) is 31.2 Å². The smallest absolute Gasteiger partial charge is 0.269 e. The number of H-pyrrole nitrogens is 1. The van der Waals surface area contributed by atoms with Crippen LogP contribution in [-0.4, -0.2) is 30.6 Å². The molecule has 1 unspecified atom stereocenters. The summed E-state index contributed by atoms with van der Waals surface area (Å²) in [4.78, 5) is 30.5. The molecule has 2 heterocycles. The third kappa shape index (κ3) is 3.32. The highest BCUT2D eigenvalue weighted by atomic mass is 16.6. The predicted octanol–water partition coefficient (Wildman–Crippen LogP) is 3.15. The number of imidazole rings is 1. The topological polar surface area (TPSA) is 119 Å². The SMILES string of the molecule is CC(NC(=O)c1cnn(-c2ccc([N+](=O)[O-])cc2)c1)c1nc2ccccc2[nH]1. The Hall–Kier alpha value is -4.01. The van der Waals surface area contributed by atoms with E-state index in [1.165, 1.54) is 23.0 Å². The molecule has 28 heavy (non-hydrogen) atoms. The number of hydrogen-bond acceptors (Lipinski definition) is 5. The molecule has 0 aliphatic rings. The molecule has 2 aromatic carbocycles. The summed E-state index contributed by atoms with van der Waals surface area (Å²) in [5.41, 5.74) is 2.74. The quantitative estimate of drug-likeness (QED) is 0.410. The molecule has 0 aliphatic carbocycles. The number of nitro groups is 1. The van der Waals surface area contributed by atoms with Crippen molar-refractivity contribution in [3.8, 4) is 5.69 Å².